The Kier molecular flexibility index (Phi) is 5.34. The van der Waals surface area contributed by atoms with Crippen LogP contribution in [0.15, 0.2) is 97.2 Å². The molecule has 0 fully saturated rings. The van der Waals surface area contributed by atoms with Crippen molar-refractivity contribution in [2.24, 2.45) is 0 Å². The molecule has 0 spiro atoms. The van der Waals surface area contributed by atoms with Crippen molar-refractivity contribution in [3.63, 3.8) is 0 Å². The first-order valence-corrected chi connectivity index (χ1v) is 11.2. The van der Waals surface area contributed by atoms with Crippen LogP contribution < -0.4 is 21.4 Å². The number of nitrogens with one attached hydrogen (secondary N) is 1. The molecule has 1 aromatic heterocycles. The zero-order chi connectivity index (χ0) is 21.0. The molecule has 0 saturated heterocycles. The highest BCUT2D eigenvalue weighted by Gasteiger charge is 2.25. The van der Waals surface area contributed by atoms with E-state index < -0.39 is 6.89 Å². The average molecular weight is 410 g/mol. The third kappa shape index (κ3) is 3.34. The molecule has 30 heavy (non-hydrogen) atoms. The maximum absolute atomic E-state index is 10.6. The molecule has 0 atom stereocenters. The number of nitrogens with zero attached hydrogens (tertiary/aromatic N) is 3. The Balaban J connectivity index is 2.17. The number of rotatable bonds is 4. The van der Waals surface area contributed by atoms with Crippen LogP contribution in [0.1, 0.15) is 11.4 Å². The lowest BCUT2D eigenvalue weighted by molar-refractivity contribution is 0.167. The van der Waals surface area contributed by atoms with E-state index in [2.05, 4.69) is 41.4 Å². The van der Waals surface area contributed by atoms with E-state index in [0.717, 1.165) is 20.6 Å². The fourth-order valence-corrected chi connectivity index (χ4v) is 7.35. The molecule has 0 aliphatic rings. The van der Waals surface area contributed by atoms with Crippen LogP contribution in [-0.2, 0) is 0 Å². The molecule has 1 heterocycles. The number of nitriles is 1. The fourth-order valence-electron chi connectivity index (χ4n) is 3.50. The van der Waals surface area contributed by atoms with Crippen molar-refractivity contribution in [2.75, 3.05) is 0 Å². The molecule has 0 aliphatic carbocycles. The Labute approximate surface area is 174 Å². The van der Waals surface area contributed by atoms with Gasteiger partial charge >= 0.3 is 0 Å². The van der Waals surface area contributed by atoms with Crippen molar-refractivity contribution in [1.82, 2.24) is 9.71 Å². The van der Waals surface area contributed by atoms with Gasteiger partial charge in [0, 0.05) is 0 Å². The summed E-state index contributed by atoms with van der Waals surface area (Å²) in [5.74, 6) is 2.00. The summed E-state index contributed by atoms with van der Waals surface area (Å²) in [7, 11) is 0. The normalized spacial score (nSPS) is 10.9. The molecular weight excluding hydrogens is 391 g/mol. The van der Waals surface area contributed by atoms with Gasteiger partial charge in [-0.15, -0.1) is 0 Å². The van der Waals surface area contributed by atoms with Gasteiger partial charge in [-0.3, -0.25) is 5.41 Å². The van der Waals surface area contributed by atoms with Gasteiger partial charge in [0.25, 0.3) is 0 Å². The molecule has 3 aromatic carbocycles. The van der Waals surface area contributed by atoms with Gasteiger partial charge in [-0.1, -0.05) is 91.0 Å². The minimum Gasteiger partial charge on any atom is -0.426 e. The van der Waals surface area contributed by atoms with E-state index in [1.807, 2.05) is 66.5 Å². The molecule has 5 nitrogen and oxygen atoms in total. The maximum atomic E-state index is 10.6. The maximum Gasteiger partial charge on any atom is 0.198 e. The summed E-state index contributed by atoms with van der Waals surface area (Å²) in [5.41, 5.74) is -0.0971. The second-order valence-corrected chi connectivity index (χ2v) is 9.92. The number of hydrogen-bond donors (Lipinski definition) is 2. The Bertz CT molecular complexity index is 1220. The van der Waals surface area contributed by atoms with E-state index in [4.69, 9.17) is 10.7 Å². The van der Waals surface area contributed by atoms with Gasteiger partial charge in [0.15, 0.2) is 11.2 Å². The van der Waals surface area contributed by atoms with Gasteiger partial charge < -0.3 is 5.21 Å². The van der Waals surface area contributed by atoms with Crippen LogP contribution in [0.25, 0.3) is 0 Å². The van der Waals surface area contributed by atoms with Crippen molar-refractivity contribution < 1.29 is 5.21 Å². The fraction of sp³-hybridized carbons (Fsp3) is 0. The highest BCUT2D eigenvalue weighted by Crippen LogP contribution is 2.44. The van der Waals surface area contributed by atoms with Crippen molar-refractivity contribution in [3.8, 4) is 6.07 Å². The molecule has 0 amide bonds. The number of benzene rings is 3. The Hall–Kier alpha value is -3.87. The second-order valence-electron chi connectivity index (χ2n) is 6.66. The van der Waals surface area contributed by atoms with Crippen molar-refractivity contribution in [2.45, 2.75) is 0 Å². The van der Waals surface area contributed by atoms with E-state index >= 15 is 0 Å². The Morgan fingerprint density at radius 1 is 0.833 bits per heavy atom. The van der Waals surface area contributed by atoms with Gasteiger partial charge in [0.2, 0.25) is 0 Å². The summed E-state index contributed by atoms with van der Waals surface area (Å²) in [5, 5.41) is 31.2. The van der Waals surface area contributed by atoms with E-state index in [0.29, 0.717) is 5.69 Å². The van der Waals surface area contributed by atoms with Gasteiger partial charge in [-0.2, -0.15) is 9.99 Å². The average Bonchev–Trinajstić information content (AvgIpc) is 2.82. The summed E-state index contributed by atoms with van der Waals surface area (Å²) < 4.78 is 0.731. The smallest absolute Gasteiger partial charge is 0.198 e. The first kappa shape index (κ1) is 19.4. The Morgan fingerprint density at radius 2 is 1.27 bits per heavy atom. The van der Waals surface area contributed by atoms with Crippen LogP contribution >= 0.6 is 6.89 Å². The summed E-state index contributed by atoms with van der Waals surface area (Å²) in [6.45, 7) is -2.36. The van der Waals surface area contributed by atoms with E-state index in [-0.39, 0.29) is 11.2 Å². The monoisotopic (exact) mass is 410 g/mol. The first-order chi connectivity index (χ1) is 14.7. The summed E-state index contributed by atoms with van der Waals surface area (Å²) >= 11 is 0. The lowest BCUT2D eigenvalue weighted by atomic mass is 10.4. The molecule has 0 radical (unpaired) electrons. The van der Waals surface area contributed by atoms with E-state index in [1.165, 1.54) is 6.20 Å². The largest absolute Gasteiger partial charge is 0.426 e. The van der Waals surface area contributed by atoms with Crippen LogP contribution in [0.5, 0.6) is 0 Å². The molecule has 4 rings (SSSR count). The molecule has 6 heteroatoms. The molecular formula is C24H19N4OP. The van der Waals surface area contributed by atoms with E-state index in [9.17, 15) is 5.21 Å². The molecule has 0 saturated carbocycles. The molecule has 0 aliphatic heterocycles. The van der Waals surface area contributed by atoms with Gasteiger partial charge in [0.05, 0.1) is 6.20 Å². The molecule has 0 unspecified atom stereocenters. The van der Waals surface area contributed by atoms with Crippen molar-refractivity contribution in [1.29, 1.82) is 10.7 Å². The van der Waals surface area contributed by atoms with Gasteiger partial charge in [0.1, 0.15) is 11.8 Å². The van der Waals surface area contributed by atoms with Crippen LogP contribution in [-0.4, -0.2) is 20.7 Å². The molecule has 146 valence electrons. The van der Waals surface area contributed by atoms with Crippen LogP contribution in [0.3, 0.4) is 0 Å². The third-order valence-corrected chi connectivity index (χ3v) is 8.92. The minimum atomic E-state index is -2.36. The molecule has 0 bridgehead atoms. The quantitative estimate of drug-likeness (QED) is 0.401. The predicted molar refractivity (Wildman–Crippen MR) is 120 cm³/mol. The van der Waals surface area contributed by atoms with Gasteiger partial charge in [-0.25, -0.2) is 4.98 Å². The summed E-state index contributed by atoms with van der Waals surface area (Å²) in [6.07, 6.45) is 1.44. The summed E-state index contributed by atoms with van der Waals surface area (Å²) in [4.78, 5) is 4.08. The Morgan fingerprint density at radius 3 is 1.67 bits per heavy atom. The number of aromatic nitrogens is 2. The number of hydrogen-bond acceptors (Lipinski definition) is 4. The zero-order valence-corrected chi connectivity index (χ0v) is 16.9. The predicted octanol–water partition coefficient (Wildman–Crippen LogP) is 2.62. The topological polar surface area (TPSA) is 85.7 Å². The summed E-state index contributed by atoms with van der Waals surface area (Å²) in [6, 6.07) is 32.3. The van der Waals surface area contributed by atoms with Crippen LogP contribution in [0.4, 0.5) is 0 Å². The lowest BCUT2D eigenvalue weighted by Crippen LogP contribution is -2.30. The molecule has 2 N–H and O–H groups in total. The van der Waals surface area contributed by atoms with Crippen molar-refractivity contribution >= 4 is 28.6 Å². The highest BCUT2D eigenvalue weighted by atomic mass is 31.2. The second kappa shape index (κ2) is 8.24. The van der Waals surface area contributed by atoms with E-state index in [1.54, 1.807) is 0 Å². The zero-order valence-electron chi connectivity index (χ0n) is 16.1. The van der Waals surface area contributed by atoms with Crippen molar-refractivity contribution in [3.05, 3.63) is 114 Å². The van der Waals surface area contributed by atoms with Crippen LogP contribution in [0.2, 0.25) is 0 Å². The SMILES string of the molecule is N#Cc1ncc(C=P(c2ccccc2)(c2ccccc2)c2ccccc2)n(O)c1=N. The van der Waals surface area contributed by atoms with Crippen LogP contribution in [0, 0.1) is 16.7 Å². The lowest BCUT2D eigenvalue weighted by Gasteiger charge is -2.29. The standard InChI is InChI=1S/C24H19N4OP/c25-16-23-24(26)28(29)19(17-27-23)18-30(20-10-4-1-5-11-20,21-12-6-2-7-13-21)22-14-8-3-9-15-22/h1-15,17-18,26,29H. The molecule has 4 aromatic rings. The first-order valence-electron chi connectivity index (χ1n) is 9.34. The minimum absolute atomic E-state index is 0.127. The third-order valence-electron chi connectivity index (χ3n) is 4.93. The van der Waals surface area contributed by atoms with Gasteiger partial charge in [-0.05, 0) is 28.6 Å². The highest BCUT2D eigenvalue weighted by molar-refractivity contribution is 7.94.